The second kappa shape index (κ2) is 14.6. The van der Waals surface area contributed by atoms with E-state index in [4.69, 9.17) is 9.47 Å². The van der Waals surface area contributed by atoms with Gasteiger partial charge in [-0.1, -0.05) is 44.6 Å². The Balaban J connectivity index is 2.65. The first-order valence-corrected chi connectivity index (χ1v) is 10.6. The minimum absolute atomic E-state index is 0.212. The van der Waals surface area contributed by atoms with Crippen LogP contribution in [0.4, 0.5) is 0 Å². The van der Waals surface area contributed by atoms with Crippen LogP contribution >= 0.6 is 0 Å². The molecular weight excluding hydrogens is 394 g/mol. The third-order valence-corrected chi connectivity index (χ3v) is 4.82. The van der Waals surface area contributed by atoms with Gasteiger partial charge in [0.2, 0.25) is 5.91 Å². The molecule has 1 fully saturated rings. The van der Waals surface area contributed by atoms with Gasteiger partial charge in [0.1, 0.15) is 24.4 Å². The van der Waals surface area contributed by atoms with E-state index in [-0.39, 0.29) is 18.9 Å². The van der Waals surface area contributed by atoms with Crippen molar-refractivity contribution in [3.8, 4) is 0 Å². The van der Waals surface area contributed by atoms with E-state index in [0.717, 1.165) is 25.7 Å². The van der Waals surface area contributed by atoms with E-state index in [1.165, 1.54) is 0 Å². The number of nitrogens with one attached hydrogen (secondary N) is 1. The highest BCUT2D eigenvalue weighted by Gasteiger charge is 2.44. The number of carbonyl (C=O) groups is 1. The fourth-order valence-corrected chi connectivity index (χ4v) is 2.90. The lowest BCUT2D eigenvalue weighted by Gasteiger charge is -2.40. The van der Waals surface area contributed by atoms with E-state index in [2.05, 4.69) is 24.4 Å². The molecule has 0 spiro atoms. The van der Waals surface area contributed by atoms with E-state index in [1.807, 2.05) is 6.08 Å². The van der Waals surface area contributed by atoms with Crippen molar-refractivity contribution in [2.75, 3.05) is 13.2 Å². The number of carbonyl (C=O) groups excluding carboxylic acids is 1. The van der Waals surface area contributed by atoms with Gasteiger partial charge in [0.05, 0.1) is 25.4 Å². The molecule has 1 aliphatic rings. The molecule has 9 nitrogen and oxygen atoms in total. The number of amides is 1. The van der Waals surface area contributed by atoms with Crippen LogP contribution in [0.1, 0.15) is 46.0 Å². The van der Waals surface area contributed by atoms with Crippen LogP contribution in [0.15, 0.2) is 24.3 Å². The molecule has 0 saturated carbocycles. The zero-order valence-corrected chi connectivity index (χ0v) is 17.8. The topological polar surface area (TPSA) is 149 Å². The van der Waals surface area contributed by atoms with Gasteiger partial charge in [-0.3, -0.25) is 4.79 Å². The SMILES string of the molecule is CCC/C=C/CC/C=C/C(O)C(COC1OC(CO)C(O)C(O)C1O)NC(=O)CC. The predicted molar refractivity (Wildman–Crippen MR) is 110 cm³/mol. The van der Waals surface area contributed by atoms with Crippen molar-refractivity contribution in [1.29, 1.82) is 0 Å². The average Bonchev–Trinajstić information content (AvgIpc) is 2.75. The number of aliphatic hydroxyl groups excluding tert-OH is 5. The Bertz CT molecular complexity index is 539. The van der Waals surface area contributed by atoms with Crippen molar-refractivity contribution < 1.29 is 39.8 Å². The summed E-state index contributed by atoms with van der Waals surface area (Å²) < 4.78 is 10.8. The van der Waals surface area contributed by atoms with Gasteiger partial charge in [0.15, 0.2) is 6.29 Å². The molecule has 0 bridgehead atoms. The highest BCUT2D eigenvalue weighted by atomic mass is 16.7. The summed E-state index contributed by atoms with van der Waals surface area (Å²) >= 11 is 0. The summed E-state index contributed by atoms with van der Waals surface area (Å²) in [7, 11) is 0. The van der Waals surface area contributed by atoms with Gasteiger partial charge >= 0.3 is 0 Å². The van der Waals surface area contributed by atoms with Crippen LogP contribution in [0, 0.1) is 0 Å². The van der Waals surface area contributed by atoms with Crippen molar-refractivity contribution >= 4 is 5.91 Å². The van der Waals surface area contributed by atoms with E-state index < -0.39 is 49.5 Å². The van der Waals surface area contributed by atoms with Gasteiger partial charge < -0.3 is 40.3 Å². The molecule has 0 radical (unpaired) electrons. The standard InChI is InChI=1S/C21H37NO8/c1-3-5-6-7-8-9-10-11-15(24)14(22-17(25)4-2)13-29-21-20(28)19(27)18(26)16(12-23)30-21/h6-7,10-11,14-16,18-21,23-24,26-28H,3-5,8-9,12-13H2,1-2H3,(H,22,25)/b7-6+,11-10+. The summed E-state index contributed by atoms with van der Waals surface area (Å²) in [6, 6.07) is -0.809. The quantitative estimate of drug-likeness (QED) is 0.173. The predicted octanol–water partition coefficient (Wildman–Crippen LogP) is -0.249. The molecule has 1 saturated heterocycles. The molecule has 0 aliphatic carbocycles. The summed E-state index contributed by atoms with van der Waals surface area (Å²) in [5.74, 6) is -0.285. The highest BCUT2D eigenvalue weighted by molar-refractivity contribution is 5.75. The Morgan fingerprint density at radius 2 is 1.73 bits per heavy atom. The molecule has 1 aliphatic heterocycles. The molecule has 0 aromatic rings. The number of allylic oxidation sites excluding steroid dienone is 3. The third-order valence-electron chi connectivity index (χ3n) is 4.82. The monoisotopic (exact) mass is 431 g/mol. The summed E-state index contributed by atoms with van der Waals surface area (Å²) in [5, 5.41) is 52.1. The molecule has 0 aromatic heterocycles. The van der Waals surface area contributed by atoms with E-state index in [0.29, 0.717) is 0 Å². The minimum Gasteiger partial charge on any atom is -0.394 e. The van der Waals surface area contributed by atoms with Crippen LogP contribution in [0.25, 0.3) is 0 Å². The number of aliphatic hydroxyl groups is 5. The molecule has 7 atom stereocenters. The zero-order chi connectivity index (χ0) is 22.5. The lowest BCUT2D eigenvalue weighted by atomic mass is 9.99. The van der Waals surface area contributed by atoms with Crippen molar-refractivity contribution in [2.45, 2.75) is 88.8 Å². The molecule has 9 heteroatoms. The van der Waals surface area contributed by atoms with Crippen LogP contribution in [-0.4, -0.2) is 87.5 Å². The molecule has 1 amide bonds. The summed E-state index contributed by atoms with van der Waals surface area (Å²) in [4.78, 5) is 11.8. The minimum atomic E-state index is -1.56. The molecule has 1 heterocycles. The van der Waals surface area contributed by atoms with Gasteiger partial charge in [-0.05, 0) is 19.3 Å². The van der Waals surface area contributed by atoms with Crippen LogP contribution in [0.5, 0.6) is 0 Å². The average molecular weight is 432 g/mol. The zero-order valence-electron chi connectivity index (χ0n) is 17.8. The smallest absolute Gasteiger partial charge is 0.220 e. The summed E-state index contributed by atoms with van der Waals surface area (Å²) in [6.07, 6.45) is 3.46. The second-order valence-corrected chi connectivity index (χ2v) is 7.31. The number of rotatable bonds is 13. The maximum atomic E-state index is 11.8. The fraction of sp³-hybridized carbons (Fsp3) is 0.762. The van der Waals surface area contributed by atoms with Crippen molar-refractivity contribution in [1.82, 2.24) is 5.32 Å². The van der Waals surface area contributed by atoms with Gasteiger partial charge in [-0.2, -0.15) is 0 Å². The Kier molecular flexibility index (Phi) is 13.0. The Morgan fingerprint density at radius 1 is 1.07 bits per heavy atom. The van der Waals surface area contributed by atoms with Crippen LogP contribution in [-0.2, 0) is 14.3 Å². The number of unbranched alkanes of at least 4 members (excludes halogenated alkanes) is 2. The summed E-state index contributed by atoms with van der Waals surface area (Å²) in [5.41, 5.74) is 0. The molecule has 1 rings (SSSR count). The maximum Gasteiger partial charge on any atom is 0.220 e. The first-order valence-electron chi connectivity index (χ1n) is 10.6. The lowest BCUT2D eigenvalue weighted by Crippen LogP contribution is -2.60. The van der Waals surface area contributed by atoms with Gasteiger partial charge in [-0.15, -0.1) is 0 Å². The first-order chi connectivity index (χ1) is 14.3. The Hall–Kier alpha value is -1.33. The molecule has 0 aromatic carbocycles. The van der Waals surface area contributed by atoms with Crippen molar-refractivity contribution in [3.63, 3.8) is 0 Å². The number of hydrogen-bond acceptors (Lipinski definition) is 8. The Labute approximate surface area is 178 Å². The van der Waals surface area contributed by atoms with Crippen LogP contribution < -0.4 is 5.32 Å². The molecule has 174 valence electrons. The van der Waals surface area contributed by atoms with Crippen molar-refractivity contribution in [3.05, 3.63) is 24.3 Å². The second-order valence-electron chi connectivity index (χ2n) is 7.31. The Morgan fingerprint density at radius 3 is 2.37 bits per heavy atom. The van der Waals surface area contributed by atoms with E-state index in [9.17, 15) is 30.3 Å². The fourth-order valence-electron chi connectivity index (χ4n) is 2.90. The van der Waals surface area contributed by atoms with Crippen LogP contribution in [0.2, 0.25) is 0 Å². The maximum absolute atomic E-state index is 11.8. The normalized spacial score (nSPS) is 29.4. The molecule has 7 unspecified atom stereocenters. The summed E-state index contributed by atoms with van der Waals surface area (Å²) in [6.45, 7) is 3.00. The third kappa shape index (κ3) is 8.81. The van der Waals surface area contributed by atoms with E-state index >= 15 is 0 Å². The first kappa shape index (κ1) is 26.7. The number of ether oxygens (including phenoxy) is 2. The van der Waals surface area contributed by atoms with Crippen molar-refractivity contribution in [2.24, 2.45) is 0 Å². The largest absolute Gasteiger partial charge is 0.394 e. The molecular formula is C21H37NO8. The van der Waals surface area contributed by atoms with Gasteiger partial charge in [-0.25, -0.2) is 0 Å². The lowest BCUT2D eigenvalue weighted by molar-refractivity contribution is -0.302. The molecule has 6 N–H and O–H groups in total. The molecule has 30 heavy (non-hydrogen) atoms. The van der Waals surface area contributed by atoms with E-state index in [1.54, 1.807) is 13.0 Å². The van der Waals surface area contributed by atoms with Crippen LogP contribution in [0.3, 0.4) is 0 Å². The highest BCUT2D eigenvalue weighted by Crippen LogP contribution is 2.22. The van der Waals surface area contributed by atoms with Gasteiger partial charge in [0.25, 0.3) is 0 Å². The number of hydrogen-bond donors (Lipinski definition) is 6. The van der Waals surface area contributed by atoms with Gasteiger partial charge in [0, 0.05) is 6.42 Å².